The molecule has 0 fully saturated rings. The van der Waals surface area contributed by atoms with E-state index in [4.69, 9.17) is 5.11 Å². The van der Waals surface area contributed by atoms with E-state index in [1.165, 1.54) is 0 Å². The Kier molecular flexibility index (Phi) is 3.46. The Labute approximate surface area is 105 Å². The van der Waals surface area contributed by atoms with Crippen LogP contribution in [-0.4, -0.2) is 21.6 Å². The molecule has 2 aromatic rings. The molecule has 0 spiro atoms. The zero-order chi connectivity index (χ0) is 13.1. The van der Waals surface area contributed by atoms with Crippen molar-refractivity contribution in [2.45, 2.75) is 26.2 Å². The van der Waals surface area contributed by atoms with Gasteiger partial charge in [-0.3, -0.25) is 14.2 Å². The minimum Gasteiger partial charge on any atom is -0.481 e. The number of nitrogens with zero attached hydrogens (tertiary/aromatic N) is 1. The maximum absolute atomic E-state index is 12.0. The van der Waals surface area contributed by atoms with Gasteiger partial charge in [0, 0.05) is 24.4 Å². The lowest BCUT2D eigenvalue weighted by Crippen LogP contribution is -2.09. The van der Waals surface area contributed by atoms with Crippen LogP contribution in [-0.2, 0) is 4.79 Å². The van der Waals surface area contributed by atoms with Crippen LogP contribution in [0.4, 0.5) is 0 Å². The maximum atomic E-state index is 12.0. The van der Waals surface area contributed by atoms with Gasteiger partial charge in [0.25, 0.3) is 0 Å². The first-order valence-corrected chi connectivity index (χ1v) is 5.90. The van der Waals surface area contributed by atoms with Gasteiger partial charge in [0.05, 0.1) is 5.52 Å². The number of hydrogen-bond donors (Lipinski definition) is 1. The van der Waals surface area contributed by atoms with Crippen molar-refractivity contribution in [3.8, 4) is 0 Å². The number of fused-ring (bicyclic) bond motifs is 1. The van der Waals surface area contributed by atoms with Gasteiger partial charge in [-0.15, -0.1) is 0 Å². The predicted octanol–water partition coefficient (Wildman–Crippen LogP) is 2.84. The maximum Gasteiger partial charge on any atom is 0.303 e. The predicted molar refractivity (Wildman–Crippen MR) is 68.8 cm³/mol. The van der Waals surface area contributed by atoms with Crippen molar-refractivity contribution in [2.24, 2.45) is 0 Å². The van der Waals surface area contributed by atoms with Crippen LogP contribution in [0.2, 0.25) is 0 Å². The van der Waals surface area contributed by atoms with E-state index in [1.54, 1.807) is 10.8 Å². The highest BCUT2D eigenvalue weighted by Crippen LogP contribution is 2.18. The Morgan fingerprint density at radius 1 is 1.22 bits per heavy atom. The molecule has 0 radical (unpaired) electrons. The largest absolute Gasteiger partial charge is 0.481 e. The third-order valence-electron chi connectivity index (χ3n) is 2.90. The molecule has 0 atom stereocenters. The molecule has 1 aromatic carbocycles. The molecule has 0 saturated heterocycles. The number of hydrogen-bond acceptors (Lipinski definition) is 2. The number of aryl methyl sites for hydroxylation is 1. The standard InChI is InChI=1S/C14H15NO3/c1-10-5-6-12-11(9-10)7-8-15(12)13(16)3-2-4-14(17)18/h5-9H,2-4H2,1H3,(H,17,18). The monoisotopic (exact) mass is 245 g/mol. The average molecular weight is 245 g/mol. The first kappa shape index (κ1) is 12.4. The fourth-order valence-corrected chi connectivity index (χ4v) is 1.99. The molecule has 1 aromatic heterocycles. The molecule has 0 aliphatic carbocycles. The van der Waals surface area contributed by atoms with Crippen LogP contribution in [0.5, 0.6) is 0 Å². The van der Waals surface area contributed by atoms with E-state index in [2.05, 4.69) is 0 Å². The molecule has 4 nitrogen and oxygen atoms in total. The second kappa shape index (κ2) is 5.04. The van der Waals surface area contributed by atoms with E-state index in [1.807, 2.05) is 31.2 Å². The lowest BCUT2D eigenvalue weighted by molar-refractivity contribution is -0.137. The van der Waals surface area contributed by atoms with Crippen LogP contribution < -0.4 is 0 Å². The lowest BCUT2D eigenvalue weighted by atomic mass is 10.2. The van der Waals surface area contributed by atoms with Gasteiger partial charge in [-0.1, -0.05) is 11.6 Å². The number of carboxylic acids is 1. The summed E-state index contributed by atoms with van der Waals surface area (Å²) in [5.41, 5.74) is 2.03. The summed E-state index contributed by atoms with van der Waals surface area (Å²) in [6.45, 7) is 2.01. The van der Waals surface area contributed by atoms with E-state index < -0.39 is 5.97 Å². The molecule has 2 rings (SSSR count). The van der Waals surface area contributed by atoms with E-state index in [9.17, 15) is 9.59 Å². The topological polar surface area (TPSA) is 59.3 Å². The highest BCUT2D eigenvalue weighted by molar-refractivity contribution is 5.92. The zero-order valence-corrected chi connectivity index (χ0v) is 10.2. The highest BCUT2D eigenvalue weighted by atomic mass is 16.4. The minimum absolute atomic E-state index is 0.0318. The number of carboxylic acid groups (broad SMARTS) is 1. The normalized spacial score (nSPS) is 10.7. The fourth-order valence-electron chi connectivity index (χ4n) is 1.99. The zero-order valence-electron chi connectivity index (χ0n) is 10.2. The second-order valence-corrected chi connectivity index (χ2v) is 4.39. The van der Waals surface area contributed by atoms with Crippen molar-refractivity contribution < 1.29 is 14.7 Å². The van der Waals surface area contributed by atoms with Gasteiger partial charge in [0.1, 0.15) is 0 Å². The van der Waals surface area contributed by atoms with Crippen LogP contribution in [0, 0.1) is 6.92 Å². The molecule has 1 heterocycles. The third-order valence-corrected chi connectivity index (χ3v) is 2.90. The van der Waals surface area contributed by atoms with Crippen molar-refractivity contribution in [1.29, 1.82) is 0 Å². The molecule has 0 amide bonds. The first-order chi connectivity index (χ1) is 8.58. The van der Waals surface area contributed by atoms with Crippen molar-refractivity contribution in [3.05, 3.63) is 36.0 Å². The van der Waals surface area contributed by atoms with E-state index in [0.717, 1.165) is 16.5 Å². The molecule has 94 valence electrons. The van der Waals surface area contributed by atoms with Crippen LogP contribution in [0.1, 0.15) is 29.6 Å². The van der Waals surface area contributed by atoms with Gasteiger partial charge in [-0.2, -0.15) is 0 Å². The summed E-state index contributed by atoms with van der Waals surface area (Å²) in [5, 5.41) is 9.57. The molecule has 0 aliphatic rings. The summed E-state index contributed by atoms with van der Waals surface area (Å²) in [5.74, 6) is -0.925. The number of carbonyl (C=O) groups excluding carboxylic acids is 1. The number of rotatable bonds is 4. The first-order valence-electron chi connectivity index (χ1n) is 5.90. The van der Waals surface area contributed by atoms with Crippen LogP contribution in [0.15, 0.2) is 30.5 Å². The van der Waals surface area contributed by atoms with Crippen LogP contribution in [0.25, 0.3) is 10.9 Å². The van der Waals surface area contributed by atoms with Gasteiger partial charge in [0.2, 0.25) is 5.91 Å². The molecule has 4 heteroatoms. The molecule has 0 saturated carbocycles. The quantitative estimate of drug-likeness (QED) is 0.901. The van der Waals surface area contributed by atoms with E-state index in [-0.39, 0.29) is 18.7 Å². The summed E-state index contributed by atoms with van der Waals surface area (Å²) in [7, 11) is 0. The molecule has 0 aliphatic heterocycles. The Morgan fingerprint density at radius 3 is 2.72 bits per heavy atom. The second-order valence-electron chi connectivity index (χ2n) is 4.39. The molecular formula is C14H15NO3. The van der Waals surface area contributed by atoms with Gasteiger partial charge < -0.3 is 5.11 Å². The molecular weight excluding hydrogens is 230 g/mol. The molecule has 0 bridgehead atoms. The van der Waals surface area contributed by atoms with Gasteiger partial charge >= 0.3 is 5.97 Å². The lowest BCUT2D eigenvalue weighted by Gasteiger charge is -2.03. The van der Waals surface area contributed by atoms with Crippen LogP contribution >= 0.6 is 0 Å². The summed E-state index contributed by atoms with van der Waals surface area (Å²) < 4.78 is 1.59. The Bertz CT molecular complexity index is 598. The molecule has 18 heavy (non-hydrogen) atoms. The van der Waals surface area contributed by atoms with E-state index >= 15 is 0 Å². The summed E-state index contributed by atoms with van der Waals surface area (Å²) in [4.78, 5) is 22.4. The van der Waals surface area contributed by atoms with Crippen molar-refractivity contribution in [3.63, 3.8) is 0 Å². The molecule has 0 unspecified atom stereocenters. The fraction of sp³-hybridized carbons (Fsp3) is 0.286. The van der Waals surface area contributed by atoms with Gasteiger partial charge in [0.15, 0.2) is 0 Å². The summed E-state index contributed by atoms with van der Waals surface area (Å²) in [6.07, 6.45) is 2.40. The van der Waals surface area contributed by atoms with Crippen molar-refractivity contribution >= 4 is 22.8 Å². The summed E-state index contributed by atoms with van der Waals surface area (Å²) >= 11 is 0. The van der Waals surface area contributed by atoms with Crippen LogP contribution in [0.3, 0.4) is 0 Å². The van der Waals surface area contributed by atoms with Crippen molar-refractivity contribution in [1.82, 2.24) is 4.57 Å². The number of aliphatic carboxylic acids is 1. The third kappa shape index (κ3) is 2.59. The number of carbonyl (C=O) groups is 2. The number of benzene rings is 1. The highest BCUT2D eigenvalue weighted by Gasteiger charge is 2.09. The smallest absolute Gasteiger partial charge is 0.303 e. The Hall–Kier alpha value is -2.10. The molecule has 1 N–H and O–H groups in total. The number of aromatic nitrogens is 1. The Balaban J connectivity index is 2.15. The van der Waals surface area contributed by atoms with Gasteiger partial charge in [-0.05, 0) is 31.5 Å². The SMILES string of the molecule is Cc1ccc2c(ccn2C(=O)CCCC(=O)O)c1. The Morgan fingerprint density at radius 2 is 2.00 bits per heavy atom. The van der Waals surface area contributed by atoms with Crippen molar-refractivity contribution in [2.75, 3.05) is 0 Å². The minimum atomic E-state index is -0.865. The average Bonchev–Trinajstić information content (AvgIpc) is 2.71. The summed E-state index contributed by atoms with van der Waals surface area (Å²) in [6, 6.07) is 7.80. The van der Waals surface area contributed by atoms with E-state index in [0.29, 0.717) is 6.42 Å². The van der Waals surface area contributed by atoms with Gasteiger partial charge in [-0.25, -0.2) is 0 Å².